The Morgan fingerprint density at radius 2 is 2.46 bits per heavy atom. The molecular formula is C9H15N3O. The summed E-state index contributed by atoms with van der Waals surface area (Å²) in [6.45, 7) is 1.89. The van der Waals surface area contributed by atoms with Crippen LogP contribution >= 0.6 is 0 Å². The lowest BCUT2D eigenvalue weighted by Crippen LogP contribution is -2.32. The number of hydrogen-bond acceptors (Lipinski definition) is 2. The molecule has 1 aliphatic heterocycles. The molecule has 1 aliphatic rings. The Kier molecular flexibility index (Phi) is 2.22. The quantitative estimate of drug-likeness (QED) is 0.694. The Labute approximate surface area is 77.2 Å². The van der Waals surface area contributed by atoms with Gasteiger partial charge in [-0.1, -0.05) is 0 Å². The molecule has 2 heterocycles. The Morgan fingerprint density at radius 1 is 1.62 bits per heavy atom. The van der Waals surface area contributed by atoms with Crippen LogP contribution in [0.3, 0.4) is 0 Å². The molecular weight excluding hydrogens is 166 g/mol. The van der Waals surface area contributed by atoms with Crippen LogP contribution in [0.5, 0.6) is 0 Å². The third kappa shape index (κ3) is 1.67. The van der Waals surface area contributed by atoms with Crippen LogP contribution in [0.25, 0.3) is 0 Å². The van der Waals surface area contributed by atoms with Crippen molar-refractivity contribution in [2.24, 2.45) is 7.05 Å². The standard InChI is InChI=1S/C9H15N3O/c1-11-5-6-12(9(11)13)7-8-3-2-4-10-8/h5-6,8,10H,2-4,7H2,1H3. The summed E-state index contributed by atoms with van der Waals surface area (Å²) in [4.78, 5) is 11.5. The Morgan fingerprint density at radius 3 is 3.00 bits per heavy atom. The second-order valence-corrected chi connectivity index (χ2v) is 3.64. The van der Waals surface area contributed by atoms with Crippen molar-refractivity contribution in [2.75, 3.05) is 6.54 Å². The Balaban J connectivity index is 2.09. The SMILES string of the molecule is Cn1ccn(CC2CCCN2)c1=O. The lowest BCUT2D eigenvalue weighted by atomic mass is 10.2. The molecule has 1 N–H and O–H groups in total. The molecule has 4 heteroatoms. The van der Waals surface area contributed by atoms with Crippen LogP contribution < -0.4 is 11.0 Å². The van der Waals surface area contributed by atoms with E-state index in [1.165, 1.54) is 12.8 Å². The van der Waals surface area contributed by atoms with E-state index in [1.807, 2.05) is 6.20 Å². The third-order valence-corrected chi connectivity index (χ3v) is 2.60. The lowest BCUT2D eigenvalue weighted by molar-refractivity contribution is 0.496. The molecule has 0 spiro atoms. The molecule has 1 unspecified atom stereocenters. The summed E-state index contributed by atoms with van der Waals surface area (Å²) in [5, 5.41) is 3.37. The predicted octanol–water partition coefficient (Wildman–Crippen LogP) is -0.0612. The van der Waals surface area contributed by atoms with Crippen molar-refractivity contribution in [3.8, 4) is 0 Å². The first-order valence-corrected chi connectivity index (χ1v) is 4.72. The molecule has 0 aromatic carbocycles. The minimum Gasteiger partial charge on any atom is -0.312 e. The smallest absolute Gasteiger partial charge is 0.312 e. The minimum atomic E-state index is 0.0775. The molecule has 0 saturated carbocycles. The Hall–Kier alpha value is -1.03. The van der Waals surface area contributed by atoms with Crippen LogP contribution in [-0.4, -0.2) is 21.7 Å². The lowest BCUT2D eigenvalue weighted by Gasteiger charge is -2.09. The highest BCUT2D eigenvalue weighted by Gasteiger charge is 2.15. The van der Waals surface area contributed by atoms with Crippen molar-refractivity contribution in [2.45, 2.75) is 25.4 Å². The average molecular weight is 181 g/mol. The van der Waals surface area contributed by atoms with E-state index in [1.54, 1.807) is 22.4 Å². The van der Waals surface area contributed by atoms with Gasteiger partial charge in [0, 0.05) is 32.0 Å². The normalized spacial score (nSPS) is 22.4. The second kappa shape index (κ2) is 3.38. The van der Waals surface area contributed by atoms with Gasteiger partial charge in [0.25, 0.3) is 0 Å². The van der Waals surface area contributed by atoms with E-state index >= 15 is 0 Å². The van der Waals surface area contributed by atoms with Crippen molar-refractivity contribution in [3.05, 3.63) is 22.9 Å². The van der Waals surface area contributed by atoms with Gasteiger partial charge in [0.05, 0.1) is 0 Å². The largest absolute Gasteiger partial charge is 0.327 e. The van der Waals surface area contributed by atoms with E-state index < -0.39 is 0 Å². The molecule has 0 amide bonds. The minimum absolute atomic E-state index is 0.0775. The van der Waals surface area contributed by atoms with Crippen molar-refractivity contribution in [1.82, 2.24) is 14.5 Å². The van der Waals surface area contributed by atoms with Crippen LogP contribution in [-0.2, 0) is 13.6 Å². The third-order valence-electron chi connectivity index (χ3n) is 2.60. The number of imidazole rings is 1. The average Bonchev–Trinajstić information content (AvgIpc) is 2.71. The Bertz CT molecular complexity index is 333. The number of nitrogens with one attached hydrogen (secondary N) is 1. The number of aromatic nitrogens is 2. The van der Waals surface area contributed by atoms with E-state index in [4.69, 9.17) is 0 Å². The molecule has 72 valence electrons. The zero-order chi connectivity index (χ0) is 9.26. The fraction of sp³-hybridized carbons (Fsp3) is 0.667. The molecule has 1 aromatic heterocycles. The first-order valence-electron chi connectivity index (χ1n) is 4.72. The topological polar surface area (TPSA) is 39.0 Å². The highest BCUT2D eigenvalue weighted by molar-refractivity contribution is 4.83. The molecule has 0 aliphatic carbocycles. The summed E-state index contributed by atoms with van der Waals surface area (Å²) in [6, 6.07) is 0.486. The highest BCUT2D eigenvalue weighted by Crippen LogP contribution is 2.05. The number of nitrogens with zero attached hydrogens (tertiary/aromatic N) is 2. The number of hydrogen-bond donors (Lipinski definition) is 1. The second-order valence-electron chi connectivity index (χ2n) is 3.64. The van der Waals surface area contributed by atoms with Gasteiger partial charge in [-0.15, -0.1) is 0 Å². The van der Waals surface area contributed by atoms with Crippen LogP contribution in [0.15, 0.2) is 17.2 Å². The van der Waals surface area contributed by atoms with E-state index in [2.05, 4.69) is 5.32 Å². The van der Waals surface area contributed by atoms with E-state index in [-0.39, 0.29) is 5.69 Å². The maximum Gasteiger partial charge on any atom is 0.327 e. The van der Waals surface area contributed by atoms with Crippen LogP contribution in [0.1, 0.15) is 12.8 Å². The monoisotopic (exact) mass is 181 g/mol. The van der Waals surface area contributed by atoms with Gasteiger partial charge in [-0.05, 0) is 19.4 Å². The fourth-order valence-corrected chi connectivity index (χ4v) is 1.80. The van der Waals surface area contributed by atoms with Gasteiger partial charge in [0.15, 0.2) is 0 Å². The summed E-state index contributed by atoms with van der Waals surface area (Å²) in [7, 11) is 1.78. The first-order chi connectivity index (χ1) is 6.27. The predicted molar refractivity (Wildman–Crippen MR) is 50.7 cm³/mol. The molecule has 0 radical (unpaired) electrons. The van der Waals surface area contributed by atoms with E-state index in [0.29, 0.717) is 6.04 Å². The van der Waals surface area contributed by atoms with Crippen molar-refractivity contribution in [1.29, 1.82) is 0 Å². The van der Waals surface area contributed by atoms with Gasteiger partial charge in [-0.25, -0.2) is 4.79 Å². The van der Waals surface area contributed by atoms with Crippen molar-refractivity contribution < 1.29 is 0 Å². The maximum atomic E-state index is 11.5. The molecule has 2 rings (SSSR count). The van der Waals surface area contributed by atoms with Gasteiger partial charge in [-0.2, -0.15) is 0 Å². The van der Waals surface area contributed by atoms with Gasteiger partial charge >= 0.3 is 5.69 Å². The van der Waals surface area contributed by atoms with Gasteiger partial charge in [0.2, 0.25) is 0 Å². The molecule has 1 atom stereocenters. The van der Waals surface area contributed by atoms with Gasteiger partial charge < -0.3 is 9.88 Å². The van der Waals surface area contributed by atoms with E-state index in [9.17, 15) is 4.79 Å². The van der Waals surface area contributed by atoms with E-state index in [0.717, 1.165) is 13.1 Å². The van der Waals surface area contributed by atoms with Crippen molar-refractivity contribution in [3.63, 3.8) is 0 Å². The fourth-order valence-electron chi connectivity index (χ4n) is 1.80. The summed E-state index contributed by atoms with van der Waals surface area (Å²) in [5.41, 5.74) is 0.0775. The highest BCUT2D eigenvalue weighted by atomic mass is 16.1. The number of aryl methyl sites for hydroxylation is 1. The zero-order valence-electron chi connectivity index (χ0n) is 7.86. The van der Waals surface area contributed by atoms with Crippen LogP contribution in [0, 0.1) is 0 Å². The van der Waals surface area contributed by atoms with Gasteiger partial charge in [-0.3, -0.25) is 4.57 Å². The summed E-state index contributed by atoms with van der Waals surface area (Å²) in [5.74, 6) is 0. The maximum absolute atomic E-state index is 11.5. The molecule has 1 saturated heterocycles. The molecule has 1 fully saturated rings. The summed E-state index contributed by atoms with van der Waals surface area (Å²) in [6.07, 6.45) is 6.06. The van der Waals surface area contributed by atoms with Crippen LogP contribution in [0.2, 0.25) is 0 Å². The molecule has 13 heavy (non-hydrogen) atoms. The first kappa shape index (κ1) is 8.56. The molecule has 0 bridgehead atoms. The molecule has 4 nitrogen and oxygen atoms in total. The summed E-state index contributed by atoms with van der Waals surface area (Å²) >= 11 is 0. The van der Waals surface area contributed by atoms with Gasteiger partial charge in [0.1, 0.15) is 0 Å². The zero-order valence-corrected chi connectivity index (χ0v) is 7.86. The summed E-state index contributed by atoms with van der Waals surface area (Å²) < 4.78 is 3.37. The van der Waals surface area contributed by atoms with Crippen molar-refractivity contribution >= 4 is 0 Å². The molecule has 1 aromatic rings. The number of rotatable bonds is 2. The van der Waals surface area contributed by atoms with Crippen LogP contribution in [0.4, 0.5) is 0 Å².